The summed E-state index contributed by atoms with van der Waals surface area (Å²) in [7, 11) is 1.27. The number of rotatable bonds is 7. The minimum Gasteiger partial charge on any atom is -0.494 e. The molecule has 1 saturated heterocycles. The molecule has 1 fully saturated rings. The summed E-state index contributed by atoms with van der Waals surface area (Å²) in [5.41, 5.74) is -1.57. The monoisotopic (exact) mass is 481 g/mol. The van der Waals surface area contributed by atoms with Gasteiger partial charge in [-0.3, -0.25) is 24.5 Å². The molecule has 1 atom stereocenters. The van der Waals surface area contributed by atoms with Crippen LogP contribution in [0.1, 0.15) is 12.0 Å². The highest BCUT2D eigenvalue weighted by Crippen LogP contribution is 2.36. The third-order valence-corrected chi connectivity index (χ3v) is 4.98. The van der Waals surface area contributed by atoms with Gasteiger partial charge in [-0.2, -0.15) is 13.2 Å². The number of nitro groups is 1. The van der Waals surface area contributed by atoms with E-state index in [4.69, 9.17) is 9.47 Å². The number of nitrogens with one attached hydrogen (secondary N) is 1. The molecule has 0 bridgehead atoms. The zero-order valence-electron chi connectivity index (χ0n) is 17.6. The molecule has 180 valence electrons. The Hall–Kier alpha value is -4.16. The number of methoxy groups -OCH3 is 1. The third-order valence-electron chi connectivity index (χ3n) is 4.98. The van der Waals surface area contributed by atoms with Crippen molar-refractivity contribution in [3.05, 3.63) is 58.1 Å². The Balaban J connectivity index is 1.62. The fourth-order valence-electron chi connectivity index (χ4n) is 3.38. The van der Waals surface area contributed by atoms with Crippen molar-refractivity contribution in [3.8, 4) is 5.75 Å². The van der Waals surface area contributed by atoms with Crippen LogP contribution in [0.3, 0.4) is 0 Å². The number of hydrogen-bond acceptors (Lipinski definition) is 7. The van der Waals surface area contributed by atoms with Crippen molar-refractivity contribution in [1.82, 2.24) is 0 Å². The van der Waals surface area contributed by atoms with E-state index in [0.717, 1.165) is 18.2 Å². The summed E-state index contributed by atoms with van der Waals surface area (Å²) in [5.74, 6) is -3.25. The van der Waals surface area contributed by atoms with E-state index >= 15 is 0 Å². The lowest BCUT2D eigenvalue weighted by Gasteiger charge is -2.19. The summed E-state index contributed by atoms with van der Waals surface area (Å²) in [6.07, 6.45) is -4.94. The van der Waals surface area contributed by atoms with E-state index in [9.17, 15) is 37.7 Å². The van der Waals surface area contributed by atoms with Crippen molar-refractivity contribution in [2.75, 3.05) is 30.5 Å². The molecule has 1 aliphatic heterocycles. The second kappa shape index (κ2) is 9.77. The van der Waals surface area contributed by atoms with E-state index in [1.165, 1.54) is 36.3 Å². The summed E-state index contributed by atoms with van der Waals surface area (Å²) in [5, 5.41) is 13.0. The van der Waals surface area contributed by atoms with Crippen LogP contribution in [0.15, 0.2) is 42.5 Å². The van der Waals surface area contributed by atoms with Gasteiger partial charge in [0.05, 0.1) is 41.0 Å². The van der Waals surface area contributed by atoms with Gasteiger partial charge in [-0.15, -0.1) is 0 Å². The number of ether oxygens (including phenoxy) is 2. The number of halogens is 3. The van der Waals surface area contributed by atoms with Crippen LogP contribution in [-0.4, -0.2) is 43.0 Å². The first-order valence-electron chi connectivity index (χ1n) is 9.76. The van der Waals surface area contributed by atoms with Gasteiger partial charge in [0.2, 0.25) is 5.91 Å². The first-order chi connectivity index (χ1) is 16.0. The topological polar surface area (TPSA) is 128 Å². The molecule has 1 N–H and O–H groups in total. The summed E-state index contributed by atoms with van der Waals surface area (Å²) in [6, 6.07) is 7.97. The summed E-state index contributed by atoms with van der Waals surface area (Å²) < 4.78 is 49.1. The second-order valence-corrected chi connectivity index (χ2v) is 7.22. The van der Waals surface area contributed by atoms with Crippen LogP contribution in [0.4, 0.5) is 30.2 Å². The summed E-state index contributed by atoms with van der Waals surface area (Å²) >= 11 is 0. The minimum absolute atomic E-state index is 0.0549. The molecule has 13 heteroatoms. The van der Waals surface area contributed by atoms with Crippen molar-refractivity contribution >= 4 is 34.8 Å². The fraction of sp³-hybridized carbons (Fsp3) is 0.286. The molecular formula is C21H18F3N3O7. The number of alkyl halides is 3. The molecule has 1 heterocycles. The Kier molecular flexibility index (Phi) is 7.03. The smallest absolute Gasteiger partial charge is 0.418 e. The maximum absolute atomic E-state index is 13.0. The number of amides is 2. The number of carbonyl (C=O) groups is 3. The van der Waals surface area contributed by atoms with Gasteiger partial charge in [-0.25, -0.2) is 0 Å². The van der Waals surface area contributed by atoms with Crippen LogP contribution < -0.4 is 15.0 Å². The fourth-order valence-corrected chi connectivity index (χ4v) is 3.38. The normalized spacial score (nSPS) is 15.7. The Bertz CT molecular complexity index is 1140. The van der Waals surface area contributed by atoms with Crippen LogP contribution in [0.5, 0.6) is 5.75 Å². The average molecular weight is 481 g/mol. The van der Waals surface area contributed by atoms with Crippen molar-refractivity contribution in [2.24, 2.45) is 5.92 Å². The van der Waals surface area contributed by atoms with E-state index < -0.39 is 52.7 Å². The first-order valence-corrected chi connectivity index (χ1v) is 9.76. The maximum atomic E-state index is 13.0. The summed E-state index contributed by atoms with van der Waals surface area (Å²) in [6.45, 7) is -0.985. The van der Waals surface area contributed by atoms with Gasteiger partial charge in [-0.1, -0.05) is 12.1 Å². The molecule has 0 radical (unpaired) electrons. The molecular weight excluding hydrogens is 463 g/mol. The number of para-hydroxylation sites is 1. The molecule has 0 aliphatic carbocycles. The number of nitro benzene ring substituents is 1. The van der Waals surface area contributed by atoms with E-state index in [0.29, 0.717) is 0 Å². The van der Waals surface area contributed by atoms with Crippen molar-refractivity contribution in [2.45, 2.75) is 12.6 Å². The standard InChI is InChI=1S/C21H18F3N3O7/c1-33-17-9-13(27(31)32)6-7-16(17)26-10-12(8-19(26)29)20(30)34-11-18(28)25-15-5-3-2-4-14(15)21(22,23)24/h2-7,9,12H,8,10-11H2,1H3,(H,25,28)/t12-/m1/s1. The molecule has 2 aromatic carbocycles. The lowest BCUT2D eigenvalue weighted by Crippen LogP contribution is -2.28. The Morgan fingerprint density at radius 2 is 1.94 bits per heavy atom. The van der Waals surface area contributed by atoms with Crippen molar-refractivity contribution in [1.29, 1.82) is 0 Å². The predicted octanol–water partition coefficient (Wildman–Crippen LogP) is 3.16. The molecule has 2 aromatic rings. The lowest BCUT2D eigenvalue weighted by atomic mass is 10.1. The molecule has 34 heavy (non-hydrogen) atoms. The maximum Gasteiger partial charge on any atom is 0.418 e. The third kappa shape index (κ3) is 5.42. The van der Waals surface area contributed by atoms with E-state index in [-0.39, 0.29) is 30.1 Å². The highest BCUT2D eigenvalue weighted by atomic mass is 19.4. The van der Waals surface area contributed by atoms with E-state index in [1.807, 2.05) is 0 Å². The first kappa shape index (κ1) is 24.5. The highest BCUT2D eigenvalue weighted by Gasteiger charge is 2.38. The van der Waals surface area contributed by atoms with Gasteiger partial charge >= 0.3 is 12.1 Å². The van der Waals surface area contributed by atoms with Gasteiger partial charge < -0.3 is 19.7 Å². The number of carbonyl (C=O) groups excluding carboxylic acids is 3. The lowest BCUT2D eigenvalue weighted by molar-refractivity contribution is -0.384. The highest BCUT2D eigenvalue weighted by molar-refractivity contribution is 6.01. The minimum atomic E-state index is -4.69. The molecule has 10 nitrogen and oxygen atoms in total. The zero-order chi connectivity index (χ0) is 25.0. The van der Waals surface area contributed by atoms with Crippen molar-refractivity contribution < 1.29 is 42.0 Å². The van der Waals surface area contributed by atoms with Gasteiger partial charge in [0.25, 0.3) is 11.6 Å². The van der Waals surface area contributed by atoms with Gasteiger partial charge in [-0.05, 0) is 18.2 Å². The Labute approximate surface area is 190 Å². The number of non-ortho nitro benzene ring substituents is 1. The molecule has 0 unspecified atom stereocenters. The van der Waals surface area contributed by atoms with Crippen LogP contribution in [-0.2, 0) is 25.3 Å². The average Bonchev–Trinajstić information content (AvgIpc) is 3.18. The largest absolute Gasteiger partial charge is 0.494 e. The zero-order valence-corrected chi connectivity index (χ0v) is 17.6. The number of esters is 1. The molecule has 0 aromatic heterocycles. The van der Waals surface area contributed by atoms with Gasteiger partial charge in [0, 0.05) is 19.0 Å². The molecule has 1 aliphatic rings. The van der Waals surface area contributed by atoms with Gasteiger partial charge in [0.15, 0.2) is 6.61 Å². The predicted molar refractivity (Wildman–Crippen MR) is 111 cm³/mol. The van der Waals surface area contributed by atoms with Crippen LogP contribution in [0.25, 0.3) is 0 Å². The SMILES string of the molecule is COc1cc([N+](=O)[O-])ccc1N1C[C@H](C(=O)OCC(=O)Nc2ccccc2C(F)(F)F)CC1=O. The molecule has 0 saturated carbocycles. The second-order valence-electron chi connectivity index (χ2n) is 7.22. The van der Waals surface area contributed by atoms with Crippen LogP contribution >= 0.6 is 0 Å². The molecule has 3 rings (SSSR count). The van der Waals surface area contributed by atoms with Gasteiger partial charge in [0.1, 0.15) is 5.75 Å². The Morgan fingerprint density at radius 3 is 2.59 bits per heavy atom. The Morgan fingerprint density at radius 1 is 1.24 bits per heavy atom. The number of benzene rings is 2. The number of anilines is 2. The molecule has 0 spiro atoms. The van der Waals surface area contributed by atoms with Crippen LogP contribution in [0.2, 0.25) is 0 Å². The molecule has 2 amide bonds. The number of nitrogens with zero attached hydrogens (tertiary/aromatic N) is 2. The summed E-state index contributed by atoms with van der Waals surface area (Å²) in [4.78, 5) is 48.3. The number of hydrogen-bond donors (Lipinski definition) is 1. The van der Waals surface area contributed by atoms with E-state index in [2.05, 4.69) is 5.32 Å². The van der Waals surface area contributed by atoms with Crippen LogP contribution in [0, 0.1) is 16.0 Å². The van der Waals surface area contributed by atoms with E-state index in [1.54, 1.807) is 0 Å². The quantitative estimate of drug-likeness (QED) is 0.366. The van der Waals surface area contributed by atoms with Crippen molar-refractivity contribution in [3.63, 3.8) is 0 Å².